The minimum atomic E-state index is -4.64. The molecule has 0 aromatic heterocycles. The van der Waals surface area contributed by atoms with Crippen LogP contribution in [0.25, 0.3) is 0 Å². The smallest absolute Gasteiger partial charge is 0.416 e. The van der Waals surface area contributed by atoms with Crippen molar-refractivity contribution in [3.8, 4) is 5.75 Å². The van der Waals surface area contributed by atoms with Crippen LogP contribution in [-0.2, 0) is 25.3 Å². The fourth-order valence-corrected chi connectivity index (χ4v) is 3.91. The first-order valence-corrected chi connectivity index (χ1v) is 11.4. The van der Waals surface area contributed by atoms with Gasteiger partial charge in [-0.15, -0.1) is 0 Å². The fourth-order valence-electron chi connectivity index (χ4n) is 3.52. The van der Waals surface area contributed by atoms with E-state index in [2.05, 4.69) is 10.1 Å². The number of rotatable bonds is 9. The van der Waals surface area contributed by atoms with E-state index >= 15 is 0 Å². The van der Waals surface area contributed by atoms with E-state index in [1.54, 1.807) is 24.3 Å². The molecule has 1 saturated heterocycles. The molecule has 2 aromatic carbocycles. The molecule has 0 spiro atoms. The van der Waals surface area contributed by atoms with E-state index in [9.17, 15) is 27.6 Å². The standard InChI is InChI=1S/C24H24F3N3O5S/c1-3-11-35-18-9-7-16(8-10-18)28-20(31)13-19-22(33)30(23(36)29(19)14-21(32)34-2)17-6-4-5-15(12-17)24(25,26)27/h4-10,12,19H,3,11,13-14H2,1-2H3,(H,28,31)/t19-/m1/s1. The van der Waals surface area contributed by atoms with E-state index < -0.39 is 48.5 Å². The second-order valence-corrected chi connectivity index (χ2v) is 8.21. The van der Waals surface area contributed by atoms with Gasteiger partial charge in [0.1, 0.15) is 18.3 Å². The van der Waals surface area contributed by atoms with Gasteiger partial charge in [-0.25, -0.2) is 0 Å². The van der Waals surface area contributed by atoms with Crippen molar-refractivity contribution < 1.29 is 37.0 Å². The van der Waals surface area contributed by atoms with Crippen LogP contribution in [0.5, 0.6) is 5.75 Å². The van der Waals surface area contributed by atoms with Crippen LogP contribution in [0, 0.1) is 0 Å². The molecule has 12 heteroatoms. The molecule has 0 saturated carbocycles. The second kappa shape index (κ2) is 11.4. The lowest BCUT2D eigenvalue weighted by molar-refractivity contribution is -0.142. The summed E-state index contributed by atoms with van der Waals surface area (Å²) in [5, 5.41) is 2.45. The topological polar surface area (TPSA) is 88.2 Å². The average Bonchev–Trinajstić information content (AvgIpc) is 3.06. The van der Waals surface area contributed by atoms with Gasteiger partial charge in [0.05, 0.1) is 31.4 Å². The monoisotopic (exact) mass is 523 g/mol. The number of nitrogens with one attached hydrogen (secondary N) is 1. The zero-order chi connectivity index (χ0) is 26.5. The highest BCUT2D eigenvalue weighted by atomic mass is 32.1. The summed E-state index contributed by atoms with van der Waals surface area (Å²) in [7, 11) is 1.14. The Bertz CT molecular complexity index is 1140. The molecule has 0 aliphatic carbocycles. The maximum Gasteiger partial charge on any atom is 0.416 e. The minimum Gasteiger partial charge on any atom is -0.494 e. The van der Waals surface area contributed by atoms with E-state index in [0.29, 0.717) is 18.0 Å². The van der Waals surface area contributed by atoms with Crippen molar-refractivity contribution >= 4 is 46.5 Å². The summed E-state index contributed by atoms with van der Waals surface area (Å²) in [5.41, 5.74) is -0.644. The lowest BCUT2D eigenvalue weighted by Crippen LogP contribution is -2.41. The highest BCUT2D eigenvalue weighted by Gasteiger charge is 2.45. The number of hydrogen-bond acceptors (Lipinski definition) is 6. The highest BCUT2D eigenvalue weighted by Crippen LogP contribution is 2.34. The molecule has 0 unspecified atom stereocenters. The molecule has 1 fully saturated rings. The van der Waals surface area contributed by atoms with Gasteiger partial charge >= 0.3 is 12.1 Å². The Morgan fingerprint density at radius 1 is 1.14 bits per heavy atom. The predicted molar refractivity (Wildman–Crippen MR) is 130 cm³/mol. The second-order valence-electron chi connectivity index (χ2n) is 7.85. The molecule has 1 atom stereocenters. The van der Waals surface area contributed by atoms with Gasteiger partial charge in [0.2, 0.25) is 5.91 Å². The number of anilines is 2. The Hall–Kier alpha value is -3.67. The summed E-state index contributed by atoms with van der Waals surface area (Å²) in [6, 6.07) is 9.48. The van der Waals surface area contributed by atoms with Gasteiger partial charge < -0.3 is 19.7 Å². The molecule has 0 bridgehead atoms. The molecular formula is C24H24F3N3O5S. The molecule has 2 aromatic rings. The number of benzene rings is 2. The number of carbonyl (C=O) groups is 3. The first-order chi connectivity index (χ1) is 17.0. The zero-order valence-corrected chi connectivity index (χ0v) is 20.3. The van der Waals surface area contributed by atoms with Gasteiger partial charge in [-0.3, -0.25) is 19.3 Å². The van der Waals surface area contributed by atoms with E-state index in [0.717, 1.165) is 36.6 Å². The molecule has 36 heavy (non-hydrogen) atoms. The van der Waals surface area contributed by atoms with Crippen LogP contribution >= 0.6 is 12.2 Å². The maximum absolute atomic E-state index is 13.3. The number of alkyl halides is 3. The Morgan fingerprint density at radius 3 is 2.44 bits per heavy atom. The highest BCUT2D eigenvalue weighted by molar-refractivity contribution is 7.80. The quantitative estimate of drug-likeness (QED) is 0.393. The predicted octanol–water partition coefficient (Wildman–Crippen LogP) is 4.00. The molecule has 1 heterocycles. The van der Waals surface area contributed by atoms with Crippen molar-refractivity contribution in [3.63, 3.8) is 0 Å². The lowest BCUT2D eigenvalue weighted by atomic mass is 10.1. The van der Waals surface area contributed by atoms with E-state index in [1.807, 2.05) is 6.92 Å². The largest absolute Gasteiger partial charge is 0.494 e. The van der Waals surface area contributed by atoms with Crippen molar-refractivity contribution in [2.24, 2.45) is 0 Å². The Morgan fingerprint density at radius 2 is 1.83 bits per heavy atom. The Balaban J connectivity index is 1.81. The van der Waals surface area contributed by atoms with Crippen LogP contribution in [0.2, 0.25) is 0 Å². The molecule has 3 rings (SSSR count). The van der Waals surface area contributed by atoms with Crippen molar-refractivity contribution in [2.45, 2.75) is 32.0 Å². The number of nitrogens with zero attached hydrogens (tertiary/aromatic N) is 2. The molecule has 1 aliphatic rings. The molecule has 192 valence electrons. The lowest BCUT2D eigenvalue weighted by Gasteiger charge is -2.22. The van der Waals surface area contributed by atoms with E-state index in [-0.39, 0.29) is 10.8 Å². The first-order valence-electron chi connectivity index (χ1n) is 11.0. The molecule has 1 N–H and O–H groups in total. The third-order valence-electron chi connectivity index (χ3n) is 5.27. The van der Waals surface area contributed by atoms with Crippen LogP contribution in [0.4, 0.5) is 24.5 Å². The average molecular weight is 524 g/mol. The van der Waals surface area contributed by atoms with Crippen molar-refractivity contribution in [2.75, 3.05) is 30.5 Å². The third-order valence-corrected chi connectivity index (χ3v) is 5.68. The molecular weight excluding hydrogens is 499 g/mol. The molecule has 8 nitrogen and oxygen atoms in total. The van der Waals surface area contributed by atoms with Crippen LogP contribution in [0.3, 0.4) is 0 Å². The number of methoxy groups -OCH3 is 1. The summed E-state index contributed by atoms with van der Waals surface area (Å²) >= 11 is 5.33. The summed E-state index contributed by atoms with van der Waals surface area (Å²) < 4.78 is 49.8. The number of carbonyl (C=O) groups excluding carboxylic acids is 3. The van der Waals surface area contributed by atoms with Gasteiger partial charge in [0.15, 0.2) is 5.11 Å². The van der Waals surface area contributed by atoms with Crippen LogP contribution in [0.1, 0.15) is 25.3 Å². The Kier molecular flexibility index (Phi) is 8.51. The first kappa shape index (κ1) is 26.9. The Labute approximate surface area is 210 Å². The van der Waals surface area contributed by atoms with E-state index in [1.165, 1.54) is 11.0 Å². The van der Waals surface area contributed by atoms with Gasteiger partial charge in [-0.2, -0.15) is 13.2 Å². The number of hydrogen-bond donors (Lipinski definition) is 1. The van der Waals surface area contributed by atoms with Crippen LogP contribution in [0.15, 0.2) is 48.5 Å². The number of amides is 2. The van der Waals surface area contributed by atoms with Crippen LogP contribution in [-0.4, -0.2) is 54.1 Å². The number of ether oxygens (including phenoxy) is 2. The summed E-state index contributed by atoms with van der Waals surface area (Å²) in [4.78, 5) is 40.0. The number of halogens is 3. The van der Waals surface area contributed by atoms with Crippen molar-refractivity contribution in [3.05, 3.63) is 54.1 Å². The van der Waals surface area contributed by atoms with Gasteiger partial charge in [-0.1, -0.05) is 13.0 Å². The minimum absolute atomic E-state index is 0.125. The van der Waals surface area contributed by atoms with Gasteiger partial charge in [0.25, 0.3) is 5.91 Å². The number of thiocarbonyl (C=S) groups is 1. The maximum atomic E-state index is 13.3. The van der Waals surface area contributed by atoms with Crippen LogP contribution < -0.4 is 15.0 Å². The summed E-state index contributed by atoms with van der Waals surface area (Å²) in [6.45, 7) is 2.06. The third kappa shape index (κ3) is 6.30. The summed E-state index contributed by atoms with van der Waals surface area (Å²) in [5.74, 6) is -1.39. The number of esters is 1. The van der Waals surface area contributed by atoms with Gasteiger partial charge in [-0.05, 0) is 61.1 Å². The van der Waals surface area contributed by atoms with Crippen molar-refractivity contribution in [1.82, 2.24) is 4.90 Å². The molecule has 0 radical (unpaired) electrons. The van der Waals surface area contributed by atoms with Crippen molar-refractivity contribution in [1.29, 1.82) is 0 Å². The normalized spacial score (nSPS) is 15.8. The summed E-state index contributed by atoms with van der Waals surface area (Å²) in [6.07, 6.45) is -4.20. The van der Waals surface area contributed by atoms with E-state index in [4.69, 9.17) is 17.0 Å². The molecule has 2 amide bonds. The SMILES string of the molecule is CCCOc1ccc(NC(=O)C[C@@H]2C(=O)N(c3cccc(C(F)(F)F)c3)C(=S)N2CC(=O)OC)cc1. The molecule has 1 aliphatic heterocycles. The van der Waals surface area contributed by atoms with Gasteiger partial charge in [0, 0.05) is 5.69 Å². The fraction of sp³-hybridized carbons (Fsp3) is 0.333. The zero-order valence-electron chi connectivity index (χ0n) is 19.5.